The molecule has 0 spiro atoms. The molecule has 26 heavy (non-hydrogen) atoms. The minimum absolute atomic E-state index is 0.368. The standard InChI is InChI=1S/C20H24O6/c1-13(21)26-18(15-7-5-4-6-8-15)12-14-9-10-16(19(22)24-2)17(11-14)20(23)25-3/h4-9,16-18H,10-12H2,1-3H3/t16-,17+,18?/m0/s1. The number of carbonyl (C=O) groups excluding carboxylic acids is 3. The lowest BCUT2D eigenvalue weighted by Crippen LogP contribution is -2.34. The molecule has 0 amide bonds. The molecule has 6 heteroatoms. The zero-order valence-electron chi connectivity index (χ0n) is 15.3. The summed E-state index contributed by atoms with van der Waals surface area (Å²) in [6.07, 6.45) is 2.72. The highest BCUT2D eigenvalue weighted by Gasteiger charge is 2.38. The quantitative estimate of drug-likeness (QED) is 0.441. The molecule has 1 aliphatic carbocycles. The van der Waals surface area contributed by atoms with E-state index in [4.69, 9.17) is 14.2 Å². The van der Waals surface area contributed by atoms with E-state index in [0.717, 1.165) is 11.1 Å². The molecular formula is C20H24O6. The molecule has 0 radical (unpaired) electrons. The van der Waals surface area contributed by atoms with Crippen LogP contribution in [0.3, 0.4) is 0 Å². The molecule has 0 bridgehead atoms. The van der Waals surface area contributed by atoms with Gasteiger partial charge >= 0.3 is 17.9 Å². The van der Waals surface area contributed by atoms with Crippen LogP contribution in [0.2, 0.25) is 0 Å². The normalized spacial score (nSPS) is 20.5. The number of rotatable bonds is 6. The highest BCUT2D eigenvalue weighted by atomic mass is 16.5. The molecular weight excluding hydrogens is 336 g/mol. The Morgan fingerprint density at radius 3 is 2.23 bits per heavy atom. The van der Waals surface area contributed by atoms with E-state index in [-0.39, 0.29) is 5.97 Å². The van der Waals surface area contributed by atoms with Crippen molar-refractivity contribution in [3.63, 3.8) is 0 Å². The van der Waals surface area contributed by atoms with Gasteiger partial charge in [-0.1, -0.05) is 42.0 Å². The molecule has 0 aliphatic heterocycles. The number of esters is 3. The zero-order chi connectivity index (χ0) is 19.1. The van der Waals surface area contributed by atoms with Crippen molar-refractivity contribution in [3.05, 3.63) is 47.5 Å². The van der Waals surface area contributed by atoms with Gasteiger partial charge in [0.15, 0.2) is 0 Å². The molecule has 0 fully saturated rings. The fraction of sp³-hybridized carbons (Fsp3) is 0.450. The van der Waals surface area contributed by atoms with Gasteiger partial charge in [0.1, 0.15) is 6.10 Å². The van der Waals surface area contributed by atoms with Crippen LogP contribution < -0.4 is 0 Å². The summed E-state index contributed by atoms with van der Waals surface area (Å²) in [5, 5.41) is 0. The summed E-state index contributed by atoms with van der Waals surface area (Å²) < 4.78 is 15.1. The van der Waals surface area contributed by atoms with Crippen LogP contribution in [0.25, 0.3) is 0 Å². The van der Waals surface area contributed by atoms with Crippen LogP contribution in [0.15, 0.2) is 42.0 Å². The van der Waals surface area contributed by atoms with Crippen LogP contribution in [0.5, 0.6) is 0 Å². The lowest BCUT2D eigenvalue weighted by Gasteiger charge is -2.29. The molecule has 1 aliphatic rings. The van der Waals surface area contributed by atoms with E-state index in [0.29, 0.717) is 19.3 Å². The van der Waals surface area contributed by atoms with E-state index < -0.39 is 29.9 Å². The van der Waals surface area contributed by atoms with Gasteiger partial charge in [0, 0.05) is 13.3 Å². The Labute approximate surface area is 153 Å². The maximum atomic E-state index is 12.1. The summed E-state index contributed by atoms with van der Waals surface area (Å²) >= 11 is 0. The molecule has 6 nitrogen and oxygen atoms in total. The van der Waals surface area contributed by atoms with E-state index in [9.17, 15) is 14.4 Å². The van der Waals surface area contributed by atoms with Crippen LogP contribution in [0.1, 0.15) is 37.9 Å². The van der Waals surface area contributed by atoms with Crippen LogP contribution in [-0.4, -0.2) is 32.1 Å². The predicted octanol–water partition coefficient (Wildman–Crippen LogP) is 2.98. The number of allylic oxidation sites excluding steroid dienone is 1. The topological polar surface area (TPSA) is 78.9 Å². The Bertz CT molecular complexity index is 679. The van der Waals surface area contributed by atoms with Crippen LogP contribution in [0.4, 0.5) is 0 Å². The molecule has 3 atom stereocenters. The van der Waals surface area contributed by atoms with Crippen LogP contribution in [-0.2, 0) is 28.6 Å². The molecule has 0 N–H and O–H groups in total. The highest BCUT2D eigenvalue weighted by molar-refractivity contribution is 5.82. The Balaban J connectivity index is 2.20. The van der Waals surface area contributed by atoms with E-state index in [2.05, 4.69) is 0 Å². The maximum absolute atomic E-state index is 12.1. The molecule has 0 heterocycles. The van der Waals surface area contributed by atoms with Gasteiger partial charge in [0.05, 0.1) is 26.1 Å². The van der Waals surface area contributed by atoms with Crippen molar-refractivity contribution in [1.29, 1.82) is 0 Å². The maximum Gasteiger partial charge on any atom is 0.309 e. The monoisotopic (exact) mass is 360 g/mol. The van der Waals surface area contributed by atoms with Crippen molar-refractivity contribution in [2.75, 3.05) is 14.2 Å². The second-order valence-corrected chi connectivity index (χ2v) is 6.27. The number of hydrogen-bond acceptors (Lipinski definition) is 6. The average Bonchev–Trinajstić information content (AvgIpc) is 2.66. The minimum Gasteiger partial charge on any atom is -0.469 e. The van der Waals surface area contributed by atoms with Crippen molar-refractivity contribution < 1.29 is 28.6 Å². The van der Waals surface area contributed by atoms with Crippen molar-refractivity contribution in [1.82, 2.24) is 0 Å². The van der Waals surface area contributed by atoms with Gasteiger partial charge in [-0.3, -0.25) is 14.4 Å². The molecule has 2 rings (SSSR count). The fourth-order valence-electron chi connectivity index (χ4n) is 3.28. The molecule has 0 aromatic heterocycles. The van der Waals surface area contributed by atoms with E-state index in [1.165, 1.54) is 21.1 Å². The number of ether oxygens (including phenoxy) is 3. The summed E-state index contributed by atoms with van der Waals surface area (Å²) in [4.78, 5) is 35.6. The zero-order valence-corrected chi connectivity index (χ0v) is 15.3. The molecule has 1 unspecified atom stereocenters. The lowest BCUT2D eigenvalue weighted by atomic mass is 9.78. The Morgan fingerprint density at radius 1 is 1.04 bits per heavy atom. The second kappa shape index (κ2) is 9.17. The summed E-state index contributed by atoms with van der Waals surface area (Å²) in [5.41, 5.74) is 1.84. The first-order chi connectivity index (χ1) is 12.5. The van der Waals surface area contributed by atoms with Crippen molar-refractivity contribution in [2.24, 2.45) is 11.8 Å². The SMILES string of the molecule is COC(=O)[C@H]1CC=C(CC(OC(C)=O)c2ccccc2)C[C@H]1C(=O)OC. The molecule has 0 saturated carbocycles. The largest absolute Gasteiger partial charge is 0.469 e. The fourth-order valence-corrected chi connectivity index (χ4v) is 3.28. The third kappa shape index (κ3) is 4.94. The van der Waals surface area contributed by atoms with E-state index in [1.807, 2.05) is 36.4 Å². The third-order valence-corrected chi connectivity index (χ3v) is 4.56. The van der Waals surface area contributed by atoms with Crippen molar-refractivity contribution in [2.45, 2.75) is 32.3 Å². The number of carbonyl (C=O) groups is 3. The summed E-state index contributed by atoms with van der Waals surface area (Å²) in [6.45, 7) is 1.37. The van der Waals surface area contributed by atoms with Gasteiger partial charge in [-0.25, -0.2) is 0 Å². The van der Waals surface area contributed by atoms with Crippen molar-refractivity contribution in [3.8, 4) is 0 Å². The molecule has 1 aromatic rings. The first-order valence-corrected chi connectivity index (χ1v) is 8.52. The minimum atomic E-state index is -0.596. The first kappa shape index (κ1) is 19.7. The van der Waals surface area contributed by atoms with Gasteiger partial charge in [-0.05, 0) is 18.4 Å². The smallest absolute Gasteiger partial charge is 0.309 e. The Kier molecular flexibility index (Phi) is 6.95. The van der Waals surface area contributed by atoms with Crippen LogP contribution >= 0.6 is 0 Å². The van der Waals surface area contributed by atoms with Crippen molar-refractivity contribution >= 4 is 17.9 Å². The van der Waals surface area contributed by atoms with Gasteiger partial charge in [-0.2, -0.15) is 0 Å². The summed E-state index contributed by atoms with van der Waals surface area (Å²) in [7, 11) is 2.61. The summed E-state index contributed by atoms with van der Waals surface area (Å²) in [6, 6.07) is 9.44. The average molecular weight is 360 g/mol. The number of hydrogen-bond donors (Lipinski definition) is 0. The van der Waals surface area contributed by atoms with Gasteiger partial charge in [0.25, 0.3) is 0 Å². The predicted molar refractivity (Wildman–Crippen MR) is 93.9 cm³/mol. The first-order valence-electron chi connectivity index (χ1n) is 8.52. The Hall–Kier alpha value is -2.63. The molecule has 0 saturated heterocycles. The second-order valence-electron chi connectivity index (χ2n) is 6.27. The number of benzene rings is 1. The summed E-state index contributed by atoms with van der Waals surface area (Å²) in [5.74, 6) is -2.38. The van der Waals surface area contributed by atoms with Gasteiger partial charge < -0.3 is 14.2 Å². The van der Waals surface area contributed by atoms with Crippen LogP contribution in [0, 0.1) is 11.8 Å². The van der Waals surface area contributed by atoms with E-state index >= 15 is 0 Å². The Morgan fingerprint density at radius 2 is 1.65 bits per heavy atom. The molecule has 140 valence electrons. The molecule has 1 aromatic carbocycles. The number of methoxy groups -OCH3 is 2. The van der Waals surface area contributed by atoms with E-state index in [1.54, 1.807) is 0 Å². The highest BCUT2D eigenvalue weighted by Crippen LogP contribution is 2.36. The third-order valence-electron chi connectivity index (χ3n) is 4.56. The lowest BCUT2D eigenvalue weighted by molar-refractivity contribution is -0.157. The van der Waals surface area contributed by atoms with Gasteiger partial charge in [0.2, 0.25) is 0 Å². The van der Waals surface area contributed by atoms with Gasteiger partial charge in [-0.15, -0.1) is 0 Å².